The summed E-state index contributed by atoms with van der Waals surface area (Å²) in [6.07, 6.45) is 1.60. The summed E-state index contributed by atoms with van der Waals surface area (Å²) in [6, 6.07) is 14.8. The van der Waals surface area contributed by atoms with Gasteiger partial charge in [-0.25, -0.2) is 4.79 Å². The maximum atomic E-state index is 12.7. The van der Waals surface area contributed by atoms with Crippen molar-refractivity contribution >= 4 is 17.8 Å². The van der Waals surface area contributed by atoms with Gasteiger partial charge in [-0.3, -0.25) is 4.79 Å². The molecule has 1 heterocycles. The van der Waals surface area contributed by atoms with Crippen molar-refractivity contribution < 1.29 is 38.0 Å². The fourth-order valence-electron chi connectivity index (χ4n) is 3.56. The summed E-state index contributed by atoms with van der Waals surface area (Å²) >= 11 is 0. The van der Waals surface area contributed by atoms with E-state index < -0.39 is 5.97 Å². The van der Waals surface area contributed by atoms with Gasteiger partial charge in [0.05, 0.1) is 39.1 Å². The second-order valence-electron chi connectivity index (χ2n) is 7.40. The number of esters is 1. The summed E-state index contributed by atoms with van der Waals surface area (Å²) in [5.74, 6) is 1.86. The third-order valence-electron chi connectivity index (χ3n) is 5.26. The van der Waals surface area contributed by atoms with Crippen molar-refractivity contribution in [2.45, 2.75) is 6.92 Å². The number of ether oxygens (including phenoxy) is 6. The molecule has 1 aliphatic heterocycles. The number of hydrogen-bond acceptors (Lipinski definition) is 8. The van der Waals surface area contributed by atoms with Crippen molar-refractivity contribution in [2.24, 2.45) is 0 Å². The van der Waals surface area contributed by atoms with Crippen molar-refractivity contribution in [1.29, 1.82) is 0 Å². The lowest BCUT2D eigenvalue weighted by Gasteiger charge is -2.12. The zero-order chi connectivity index (χ0) is 24.9. The van der Waals surface area contributed by atoms with Crippen LogP contribution in [-0.2, 0) is 0 Å². The van der Waals surface area contributed by atoms with E-state index in [9.17, 15) is 9.59 Å². The monoisotopic (exact) mass is 476 g/mol. The van der Waals surface area contributed by atoms with Crippen molar-refractivity contribution in [3.63, 3.8) is 0 Å². The van der Waals surface area contributed by atoms with E-state index in [0.29, 0.717) is 46.5 Å². The molecule has 0 aromatic heterocycles. The van der Waals surface area contributed by atoms with Crippen LogP contribution in [0.4, 0.5) is 0 Å². The molecule has 0 saturated heterocycles. The fourth-order valence-corrected chi connectivity index (χ4v) is 3.56. The molecule has 0 amide bonds. The molecule has 180 valence electrons. The maximum Gasteiger partial charge on any atom is 0.343 e. The van der Waals surface area contributed by atoms with Gasteiger partial charge in [-0.1, -0.05) is 6.07 Å². The molecular formula is C27H24O8. The van der Waals surface area contributed by atoms with Gasteiger partial charge in [0.1, 0.15) is 11.5 Å². The summed E-state index contributed by atoms with van der Waals surface area (Å²) in [5.41, 5.74) is 1.38. The van der Waals surface area contributed by atoms with Gasteiger partial charge in [0.15, 0.2) is 28.8 Å². The van der Waals surface area contributed by atoms with Crippen LogP contribution in [0, 0.1) is 0 Å². The zero-order valence-electron chi connectivity index (χ0n) is 19.7. The molecule has 0 spiro atoms. The Kier molecular flexibility index (Phi) is 6.91. The van der Waals surface area contributed by atoms with Gasteiger partial charge in [-0.05, 0) is 61.0 Å². The molecule has 0 saturated carbocycles. The van der Waals surface area contributed by atoms with E-state index in [1.54, 1.807) is 54.6 Å². The van der Waals surface area contributed by atoms with Gasteiger partial charge in [-0.2, -0.15) is 0 Å². The molecule has 3 aromatic carbocycles. The summed E-state index contributed by atoms with van der Waals surface area (Å²) in [6.45, 7) is 2.39. The lowest BCUT2D eigenvalue weighted by Crippen LogP contribution is -2.09. The topological polar surface area (TPSA) is 89.5 Å². The molecule has 1 aliphatic rings. The molecule has 8 nitrogen and oxygen atoms in total. The van der Waals surface area contributed by atoms with Crippen LogP contribution < -0.4 is 28.4 Å². The van der Waals surface area contributed by atoms with Crippen LogP contribution in [-0.4, -0.2) is 39.7 Å². The minimum Gasteiger partial charge on any atom is -0.494 e. The Labute approximate surface area is 202 Å². The lowest BCUT2D eigenvalue weighted by atomic mass is 10.1. The molecule has 0 atom stereocenters. The number of Topliss-reactive ketones (excluding diaryl/α,β-unsaturated/α-hetero) is 1. The Balaban J connectivity index is 1.54. The smallest absolute Gasteiger partial charge is 0.343 e. The van der Waals surface area contributed by atoms with Crippen LogP contribution in [0.15, 0.2) is 60.4 Å². The van der Waals surface area contributed by atoms with Crippen molar-refractivity contribution in [3.8, 4) is 34.5 Å². The highest BCUT2D eigenvalue weighted by Gasteiger charge is 2.28. The summed E-state index contributed by atoms with van der Waals surface area (Å²) < 4.78 is 32.6. The van der Waals surface area contributed by atoms with Crippen molar-refractivity contribution in [2.75, 3.05) is 27.9 Å². The second kappa shape index (κ2) is 10.2. The Morgan fingerprint density at radius 1 is 0.857 bits per heavy atom. The number of fused-ring (bicyclic) bond motifs is 1. The number of allylic oxidation sites excluding steroid dienone is 1. The second-order valence-corrected chi connectivity index (χ2v) is 7.40. The average molecular weight is 476 g/mol. The van der Waals surface area contributed by atoms with Gasteiger partial charge >= 0.3 is 5.97 Å². The first-order valence-electron chi connectivity index (χ1n) is 10.8. The quantitative estimate of drug-likeness (QED) is 0.256. The van der Waals surface area contributed by atoms with Crippen molar-refractivity contribution in [1.82, 2.24) is 0 Å². The molecular weight excluding hydrogens is 452 g/mol. The van der Waals surface area contributed by atoms with E-state index >= 15 is 0 Å². The Hall–Kier alpha value is -4.46. The molecule has 3 aromatic rings. The van der Waals surface area contributed by atoms with E-state index in [4.69, 9.17) is 28.4 Å². The molecule has 0 fully saturated rings. The third-order valence-corrected chi connectivity index (χ3v) is 5.26. The zero-order valence-corrected chi connectivity index (χ0v) is 19.7. The number of benzene rings is 3. The molecule has 8 heteroatoms. The standard InChI is InChI=1S/C27H24O8/c1-5-33-18-8-9-19-22(15-18)34-25(26(19)28)13-16-6-10-21(23(12-16)31-3)35-27(29)17-7-11-20(30-2)24(14-17)32-4/h6-15H,5H2,1-4H3/b25-13-. The predicted molar refractivity (Wildman–Crippen MR) is 128 cm³/mol. The predicted octanol–water partition coefficient (Wildman–Crippen LogP) is 4.95. The Morgan fingerprint density at radius 3 is 2.29 bits per heavy atom. The van der Waals surface area contributed by atoms with Crippen LogP contribution in [0.25, 0.3) is 6.08 Å². The van der Waals surface area contributed by atoms with E-state index in [1.165, 1.54) is 27.4 Å². The summed E-state index contributed by atoms with van der Waals surface area (Å²) in [5, 5.41) is 0. The number of carbonyl (C=O) groups is 2. The first-order valence-corrected chi connectivity index (χ1v) is 10.8. The third kappa shape index (κ3) is 4.91. The molecule has 35 heavy (non-hydrogen) atoms. The first kappa shape index (κ1) is 23.7. The van der Waals surface area contributed by atoms with Crippen LogP contribution >= 0.6 is 0 Å². The van der Waals surface area contributed by atoms with Gasteiger partial charge in [-0.15, -0.1) is 0 Å². The Morgan fingerprint density at radius 2 is 1.57 bits per heavy atom. The van der Waals surface area contributed by atoms with Gasteiger partial charge in [0, 0.05) is 6.07 Å². The fraction of sp³-hybridized carbons (Fsp3) is 0.185. The molecule has 4 rings (SSSR count). The average Bonchev–Trinajstić information content (AvgIpc) is 3.18. The normalized spacial score (nSPS) is 13.1. The number of methoxy groups -OCH3 is 3. The number of rotatable bonds is 8. The largest absolute Gasteiger partial charge is 0.494 e. The van der Waals surface area contributed by atoms with Gasteiger partial charge in [0.25, 0.3) is 0 Å². The Bertz CT molecular complexity index is 1310. The highest BCUT2D eigenvalue weighted by atomic mass is 16.6. The minimum absolute atomic E-state index is 0.172. The molecule has 0 unspecified atom stereocenters. The molecule has 0 N–H and O–H groups in total. The van der Waals surface area contributed by atoms with Crippen LogP contribution in [0.5, 0.6) is 34.5 Å². The highest BCUT2D eigenvalue weighted by Crippen LogP contribution is 2.36. The molecule has 0 aliphatic carbocycles. The van der Waals surface area contributed by atoms with Crippen molar-refractivity contribution in [3.05, 3.63) is 77.0 Å². The van der Waals surface area contributed by atoms with E-state index in [0.717, 1.165) is 0 Å². The summed E-state index contributed by atoms with van der Waals surface area (Å²) in [4.78, 5) is 25.4. The molecule has 0 radical (unpaired) electrons. The first-order chi connectivity index (χ1) is 17.0. The van der Waals surface area contributed by atoms with Crippen LogP contribution in [0.1, 0.15) is 33.2 Å². The molecule has 0 bridgehead atoms. The highest BCUT2D eigenvalue weighted by molar-refractivity contribution is 6.14. The lowest BCUT2D eigenvalue weighted by molar-refractivity contribution is 0.0729. The SMILES string of the molecule is CCOc1ccc2c(c1)O/C(=C\c1ccc(OC(=O)c3ccc(OC)c(OC)c3)c(OC)c1)C2=O. The number of ketones is 1. The minimum atomic E-state index is -0.592. The van der Waals surface area contributed by atoms with Crippen LogP contribution in [0.2, 0.25) is 0 Å². The van der Waals surface area contributed by atoms with Gasteiger partial charge < -0.3 is 28.4 Å². The van der Waals surface area contributed by atoms with E-state index in [1.807, 2.05) is 6.92 Å². The maximum absolute atomic E-state index is 12.7. The van der Waals surface area contributed by atoms with Gasteiger partial charge in [0.2, 0.25) is 5.78 Å². The van der Waals surface area contributed by atoms with Crippen LogP contribution in [0.3, 0.4) is 0 Å². The number of hydrogen-bond donors (Lipinski definition) is 0. The number of carbonyl (C=O) groups excluding carboxylic acids is 2. The van der Waals surface area contributed by atoms with E-state index in [-0.39, 0.29) is 22.9 Å². The summed E-state index contributed by atoms with van der Waals surface area (Å²) in [7, 11) is 4.46. The van der Waals surface area contributed by atoms with E-state index in [2.05, 4.69) is 0 Å².